The first-order valence-corrected chi connectivity index (χ1v) is 14.3. The number of aryl methyl sites for hydroxylation is 1. The summed E-state index contributed by atoms with van der Waals surface area (Å²) in [6, 6.07) is 9.12. The maximum Gasteiger partial charge on any atom is 0.108 e. The molecule has 1 nitrogen and oxygen atoms in total. The van der Waals surface area contributed by atoms with Crippen LogP contribution in [0.2, 0.25) is 0 Å². The van der Waals surface area contributed by atoms with Crippen LogP contribution in [0.25, 0.3) is 0 Å². The van der Waals surface area contributed by atoms with Crippen molar-refractivity contribution in [1.29, 1.82) is 0 Å². The van der Waals surface area contributed by atoms with Crippen molar-refractivity contribution in [3.8, 4) is 0 Å². The van der Waals surface area contributed by atoms with Crippen molar-refractivity contribution in [2.24, 2.45) is 0 Å². The Kier molecular flexibility index (Phi) is 17.0. The average molecular weight is 444 g/mol. The van der Waals surface area contributed by atoms with Gasteiger partial charge in [-0.25, -0.2) is 5.11 Å². The van der Waals surface area contributed by atoms with Gasteiger partial charge in [-0.05, 0) is 43.7 Å². The largest absolute Gasteiger partial charge is 0.229 e. The molecule has 32 heavy (non-hydrogen) atoms. The van der Waals surface area contributed by atoms with Gasteiger partial charge in [0, 0.05) is 5.92 Å². The van der Waals surface area contributed by atoms with E-state index in [1.54, 1.807) is 0 Å². The Morgan fingerprint density at radius 1 is 0.625 bits per heavy atom. The Balaban J connectivity index is 2.37. The molecule has 1 aromatic rings. The van der Waals surface area contributed by atoms with Crippen LogP contribution in [0.5, 0.6) is 0 Å². The summed E-state index contributed by atoms with van der Waals surface area (Å²) < 4.78 is 0. The van der Waals surface area contributed by atoms with Gasteiger partial charge in [0.25, 0.3) is 0 Å². The number of benzene rings is 1. The van der Waals surface area contributed by atoms with Crippen molar-refractivity contribution in [2.45, 2.75) is 161 Å². The minimum absolute atomic E-state index is 0.144. The third-order valence-corrected chi connectivity index (χ3v) is 7.29. The first-order chi connectivity index (χ1) is 15.5. The lowest BCUT2D eigenvalue weighted by Gasteiger charge is -2.31. The minimum Gasteiger partial charge on any atom is -0.229 e. The van der Waals surface area contributed by atoms with Crippen LogP contribution in [0.3, 0.4) is 0 Å². The molecule has 0 fully saturated rings. The predicted molar refractivity (Wildman–Crippen MR) is 142 cm³/mol. The monoisotopic (exact) mass is 443 g/mol. The zero-order valence-corrected chi connectivity index (χ0v) is 22.2. The summed E-state index contributed by atoms with van der Waals surface area (Å²) in [5.74, 6) is 0.144. The van der Waals surface area contributed by atoms with Crippen LogP contribution in [0.1, 0.15) is 160 Å². The topological polar surface area (TPSA) is 19.9 Å². The molecule has 1 rings (SSSR count). The Morgan fingerprint density at radius 2 is 1.09 bits per heavy atom. The molecule has 0 saturated heterocycles. The second-order valence-corrected chi connectivity index (χ2v) is 10.5. The summed E-state index contributed by atoms with van der Waals surface area (Å²) in [6.45, 7) is 8.71. The molecule has 2 unspecified atom stereocenters. The maximum absolute atomic E-state index is 13.5. The highest BCUT2D eigenvalue weighted by Gasteiger charge is 2.33. The number of hydrogen-bond acceptors (Lipinski definition) is 0. The van der Waals surface area contributed by atoms with E-state index >= 15 is 0 Å². The Labute approximate surface area is 201 Å². The molecule has 0 saturated carbocycles. The zero-order chi connectivity index (χ0) is 23.5. The molecule has 1 aromatic carbocycles. The van der Waals surface area contributed by atoms with E-state index in [0.29, 0.717) is 0 Å². The van der Waals surface area contributed by atoms with Gasteiger partial charge < -0.3 is 0 Å². The molecular weight excluding hydrogens is 388 g/mol. The number of rotatable bonds is 21. The molecule has 0 heterocycles. The van der Waals surface area contributed by atoms with Crippen molar-refractivity contribution < 1.29 is 5.11 Å². The lowest BCUT2D eigenvalue weighted by Crippen LogP contribution is -2.31. The van der Waals surface area contributed by atoms with Crippen LogP contribution >= 0.6 is 0 Å². The standard InChI is InChI=1S/C31H55O/c1-5-8-10-12-13-14-15-16-17-19-22-28-23-25-29(26-24-28)30(21-7-3)31(4,32)27-20-18-11-9-6-2/h23-26,30H,5-22,27H2,1-4H3. The van der Waals surface area contributed by atoms with Crippen molar-refractivity contribution in [1.82, 2.24) is 0 Å². The third-order valence-electron chi connectivity index (χ3n) is 7.29. The fourth-order valence-corrected chi connectivity index (χ4v) is 5.10. The van der Waals surface area contributed by atoms with Crippen molar-refractivity contribution in [2.75, 3.05) is 0 Å². The van der Waals surface area contributed by atoms with Crippen LogP contribution in [0.15, 0.2) is 24.3 Å². The van der Waals surface area contributed by atoms with Gasteiger partial charge in [-0.2, -0.15) is 0 Å². The first kappa shape index (κ1) is 29.2. The van der Waals surface area contributed by atoms with E-state index < -0.39 is 5.60 Å². The average Bonchev–Trinajstić information content (AvgIpc) is 2.79. The molecule has 185 valence electrons. The van der Waals surface area contributed by atoms with Gasteiger partial charge in [0.05, 0.1) is 0 Å². The summed E-state index contributed by atoms with van der Waals surface area (Å²) in [7, 11) is 0. The summed E-state index contributed by atoms with van der Waals surface area (Å²) in [6.07, 6.45) is 24.1. The second-order valence-electron chi connectivity index (χ2n) is 10.5. The van der Waals surface area contributed by atoms with Gasteiger partial charge in [-0.1, -0.05) is 141 Å². The molecule has 0 aliphatic rings. The van der Waals surface area contributed by atoms with E-state index in [2.05, 4.69) is 45.0 Å². The van der Waals surface area contributed by atoms with Crippen molar-refractivity contribution in [3.05, 3.63) is 35.4 Å². The summed E-state index contributed by atoms with van der Waals surface area (Å²) >= 11 is 0. The van der Waals surface area contributed by atoms with E-state index in [1.165, 1.54) is 107 Å². The first-order valence-electron chi connectivity index (χ1n) is 14.3. The third kappa shape index (κ3) is 13.0. The molecule has 0 N–H and O–H groups in total. The minimum atomic E-state index is -0.847. The molecular formula is C31H55O. The van der Waals surface area contributed by atoms with E-state index in [9.17, 15) is 5.11 Å². The molecule has 0 bridgehead atoms. The lowest BCUT2D eigenvalue weighted by atomic mass is 9.77. The molecule has 1 heteroatoms. The van der Waals surface area contributed by atoms with Crippen molar-refractivity contribution >= 4 is 0 Å². The normalized spacial score (nSPS) is 14.4. The predicted octanol–water partition coefficient (Wildman–Crippen LogP) is 10.6. The summed E-state index contributed by atoms with van der Waals surface area (Å²) in [5, 5.41) is 13.5. The zero-order valence-electron chi connectivity index (χ0n) is 22.2. The Morgan fingerprint density at radius 3 is 1.59 bits per heavy atom. The van der Waals surface area contributed by atoms with E-state index in [0.717, 1.165) is 25.7 Å². The molecule has 2 atom stereocenters. The number of hydrogen-bond donors (Lipinski definition) is 0. The van der Waals surface area contributed by atoms with Gasteiger partial charge in [0.2, 0.25) is 0 Å². The lowest BCUT2D eigenvalue weighted by molar-refractivity contribution is -0.0479. The number of unbranched alkanes of at least 4 members (excludes halogenated alkanes) is 13. The van der Waals surface area contributed by atoms with Gasteiger partial charge in [-0.3, -0.25) is 0 Å². The molecule has 0 aromatic heterocycles. The Hall–Kier alpha value is -0.820. The van der Waals surface area contributed by atoms with Gasteiger partial charge in [0.15, 0.2) is 0 Å². The van der Waals surface area contributed by atoms with E-state index in [4.69, 9.17) is 0 Å². The smallest absolute Gasteiger partial charge is 0.108 e. The second kappa shape index (κ2) is 18.6. The quantitative estimate of drug-likeness (QED) is 0.168. The van der Waals surface area contributed by atoms with Crippen LogP contribution in [-0.4, -0.2) is 5.60 Å². The molecule has 0 aliphatic carbocycles. The molecule has 0 amide bonds. The van der Waals surface area contributed by atoms with Crippen molar-refractivity contribution in [3.63, 3.8) is 0 Å². The summed E-state index contributed by atoms with van der Waals surface area (Å²) in [4.78, 5) is 0. The SMILES string of the molecule is CCCCCCCCCCCCc1ccc(C(CCC)C(C)([O])CCCCCCC)cc1. The van der Waals surface area contributed by atoms with E-state index in [-0.39, 0.29) is 5.92 Å². The summed E-state index contributed by atoms with van der Waals surface area (Å²) in [5.41, 5.74) is 1.86. The van der Waals surface area contributed by atoms with E-state index in [1.807, 2.05) is 6.92 Å². The van der Waals surface area contributed by atoms with Crippen LogP contribution < -0.4 is 0 Å². The highest BCUT2D eigenvalue weighted by molar-refractivity contribution is 5.27. The van der Waals surface area contributed by atoms with Gasteiger partial charge >= 0.3 is 0 Å². The highest BCUT2D eigenvalue weighted by atomic mass is 16.3. The molecule has 0 aliphatic heterocycles. The van der Waals surface area contributed by atoms with Crippen LogP contribution in [0.4, 0.5) is 0 Å². The molecule has 0 spiro atoms. The fourth-order valence-electron chi connectivity index (χ4n) is 5.10. The van der Waals surface area contributed by atoms with Gasteiger partial charge in [-0.15, -0.1) is 0 Å². The fraction of sp³-hybridized carbons (Fsp3) is 0.806. The maximum atomic E-state index is 13.5. The molecule has 1 radical (unpaired) electrons. The van der Waals surface area contributed by atoms with Crippen LogP contribution in [-0.2, 0) is 11.5 Å². The Bertz CT molecular complexity index is 530. The van der Waals surface area contributed by atoms with Gasteiger partial charge in [0.1, 0.15) is 5.60 Å². The van der Waals surface area contributed by atoms with Crippen LogP contribution in [0, 0.1) is 0 Å². The highest BCUT2D eigenvalue weighted by Crippen LogP contribution is 2.37.